The van der Waals surface area contributed by atoms with Crippen molar-refractivity contribution in [3.63, 3.8) is 0 Å². The Kier molecular flexibility index (Phi) is 3.15. The smallest absolute Gasteiger partial charge is 0.265 e. The zero-order valence-corrected chi connectivity index (χ0v) is 13.2. The average Bonchev–Trinajstić information content (AvgIpc) is 2.54. The Bertz CT molecular complexity index is 975. The van der Waals surface area contributed by atoms with Crippen LogP contribution in [-0.2, 0) is 0 Å². The molecule has 0 saturated heterocycles. The van der Waals surface area contributed by atoms with Crippen molar-refractivity contribution < 1.29 is 9.59 Å². The second-order valence-corrected chi connectivity index (χ2v) is 6.09. The molecule has 3 aromatic rings. The third-order valence-electron chi connectivity index (χ3n) is 3.92. The SMILES string of the molecule is O=C1c2cccc3c(Cl)ccc(c23)C(=O)N1c1cccc(Cl)c1. The van der Waals surface area contributed by atoms with Crippen LogP contribution in [0.15, 0.2) is 54.6 Å². The van der Waals surface area contributed by atoms with Crippen molar-refractivity contribution >= 4 is 51.5 Å². The van der Waals surface area contributed by atoms with Crippen LogP contribution in [0.25, 0.3) is 10.8 Å². The van der Waals surface area contributed by atoms with Gasteiger partial charge in [-0.25, -0.2) is 4.90 Å². The third-order valence-corrected chi connectivity index (χ3v) is 4.49. The number of hydrogen-bond acceptors (Lipinski definition) is 2. The molecule has 0 atom stereocenters. The van der Waals surface area contributed by atoms with E-state index in [1.54, 1.807) is 54.6 Å². The molecule has 0 radical (unpaired) electrons. The summed E-state index contributed by atoms with van der Waals surface area (Å²) in [5.74, 6) is -0.754. The lowest BCUT2D eigenvalue weighted by Crippen LogP contribution is -2.40. The van der Waals surface area contributed by atoms with E-state index in [4.69, 9.17) is 23.2 Å². The van der Waals surface area contributed by atoms with Crippen LogP contribution in [0.5, 0.6) is 0 Å². The van der Waals surface area contributed by atoms with E-state index in [2.05, 4.69) is 0 Å². The molecule has 112 valence electrons. The average molecular weight is 342 g/mol. The number of imide groups is 1. The summed E-state index contributed by atoms with van der Waals surface area (Å²) in [4.78, 5) is 26.9. The zero-order valence-electron chi connectivity index (χ0n) is 11.7. The Morgan fingerprint density at radius 3 is 2.22 bits per heavy atom. The monoisotopic (exact) mass is 341 g/mol. The van der Waals surface area contributed by atoms with E-state index in [1.165, 1.54) is 0 Å². The number of halogens is 2. The van der Waals surface area contributed by atoms with Crippen LogP contribution in [0, 0.1) is 0 Å². The molecule has 0 N–H and O–H groups in total. The first kappa shape index (κ1) is 14.2. The second-order valence-electron chi connectivity index (χ2n) is 5.25. The molecule has 0 fully saturated rings. The molecule has 0 unspecified atom stereocenters. The highest BCUT2D eigenvalue weighted by molar-refractivity contribution is 6.41. The Morgan fingerprint density at radius 1 is 0.783 bits per heavy atom. The maximum atomic E-state index is 12.9. The predicted molar refractivity (Wildman–Crippen MR) is 91.6 cm³/mol. The van der Waals surface area contributed by atoms with Crippen molar-refractivity contribution in [1.29, 1.82) is 0 Å². The van der Waals surface area contributed by atoms with Gasteiger partial charge in [-0.15, -0.1) is 0 Å². The van der Waals surface area contributed by atoms with Crippen molar-refractivity contribution in [2.45, 2.75) is 0 Å². The van der Waals surface area contributed by atoms with E-state index in [9.17, 15) is 9.59 Å². The van der Waals surface area contributed by atoms with Gasteiger partial charge in [-0.1, -0.05) is 41.4 Å². The summed E-state index contributed by atoms with van der Waals surface area (Å²) >= 11 is 12.2. The van der Waals surface area contributed by atoms with E-state index >= 15 is 0 Å². The largest absolute Gasteiger partial charge is 0.268 e. The number of benzene rings is 3. The van der Waals surface area contributed by atoms with Gasteiger partial charge in [0.25, 0.3) is 11.8 Å². The number of carbonyl (C=O) groups is 2. The molecule has 1 aliphatic heterocycles. The summed E-state index contributed by atoms with van der Waals surface area (Å²) in [5.41, 5.74) is 1.37. The highest BCUT2D eigenvalue weighted by Gasteiger charge is 2.34. The predicted octanol–water partition coefficient (Wildman–Crippen LogP) is 4.95. The highest BCUT2D eigenvalue weighted by atomic mass is 35.5. The van der Waals surface area contributed by atoms with Gasteiger partial charge in [0, 0.05) is 31.9 Å². The Morgan fingerprint density at radius 2 is 1.48 bits per heavy atom. The van der Waals surface area contributed by atoms with Crippen molar-refractivity contribution in [3.8, 4) is 0 Å². The maximum Gasteiger partial charge on any atom is 0.265 e. The van der Waals surface area contributed by atoms with Crippen LogP contribution >= 0.6 is 23.2 Å². The molecule has 3 nitrogen and oxygen atoms in total. The molecular formula is C18H9Cl2NO2. The highest BCUT2D eigenvalue weighted by Crippen LogP contribution is 2.36. The lowest BCUT2D eigenvalue weighted by atomic mass is 9.93. The fourth-order valence-electron chi connectivity index (χ4n) is 2.91. The minimum Gasteiger partial charge on any atom is -0.268 e. The first-order chi connectivity index (χ1) is 11.1. The molecular weight excluding hydrogens is 333 g/mol. The second kappa shape index (κ2) is 5.08. The quantitative estimate of drug-likeness (QED) is 0.587. The van der Waals surface area contributed by atoms with Gasteiger partial charge >= 0.3 is 0 Å². The Labute approximate surface area is 142 Å². The molecule has 0 aliphatic carbocycles. The Balaban J connectivity index is 2.01. The number of nitrogens with zero attached hydrogens (tertiary/aromatic N) is 1. The van der Waals surface area contributed by atoms with Gasteiger partial charge in [-0.3, -0.25) is 9.59 Å². The summed E-state index contributed by atoms with van der Waals surface area (Å²) in [6.07, 6.45) is 0. The third kappa shape index (κ3) is 2.05. The maximum absolute atomic E-state index is 12.9. The summed E-state index contributed by atoms with van der Waals surface area (Å²) in [5, 5.41) is 2.29. The van der Waals surface area contributed by atoms with Gasteiger partial charge in [-0.2, -0.15) is 0 Å². The van der Waals surface area contributed by atoms with Gasteiger partial charge in [0.15, 0.2) is 0 Å². The molecule has 0 bridgehead atoms. The molecule has 0 spiro atoms. The summed E-state index contributed by atoms with van der Waals surface area (Å²) in [6, 6.07) is 15.3. The molecule has 4 rings (SSSR count). The molecule has 1 heterocycles. The number of amides is 2. The van der Waals surface area contributed by atoms with Gasteiger partial charge < -0.3 is 0 Å². The van der Waals surface area contributed by atoms with Crippen LogP contribution in [0.3, 0.4) is 0 Å². The van der Waals surface area contributed by atoms with Gasteiger partial charge in [-0.05, 0) is 36.4 Å². The molecule has 2 amide bonds. The zero-order chi connectivity index (χ0) is 16.1. The lowest BCUT2D eigenvalue weighted by molar-refractivity contribution is 0.0893. The molecule has 3 aromatic carbocycles. The van der Waals surface area contributed by atoms with Crippen molar-refractivity contribution in [1.82, 2.24) is 0 Å². The molecule has 1 aliphatic rings. The number of hydrogen-bond donors (Lipinski definition) is 0. The van der Waals surface area contributed by atoms with Crippen LogP contribution in [0.4, 0.5) is 5.69 Å². The molecule has 0 saturated carbocycles. The molecule has 0 aromatic heterocycles. The number of anilines is 1. The van der Waals surface area contributed by atoms with Gasteiger partial charge in [0.2, 0.25) is 0 Å². The van der Waals surface area contributed by atoms with Crippen molar-refractivity contribution in [3.05, 3.63) is 75.8 Å². The molecule has 23 heavy (non-hydrogen) atoms. The fourth-order valence-corrected chi connectivity index (χ4v) is 3.32. The van der Waals surface area contributed by atoms with Crippen molar-refractivity contribution in [2.75, 3.05) is 4.90 Å². The van der Waals surface area contributed by atoms with Crippen LogP contribution in [0.2, 0.25) is 10.0 Å². The van der Waals surface area contributed by atoms with Crippen LogP contribution in [0.1, 0.15) is 20.7 Å². The normalized spacial score (nSPS) is 13.7. The molecule has 5 heteroatoms. The minimum atomic E-state index is -0.377. The number of rotatable bonds is 1. The minimum absolute atomic E-state index is 0.377. The van der Waals surface area contributed by atoms with E-state index in [0.717, 1.165) is 4.90 Å². The summed E-state index contributed by atoms with van der Waals surface area (Å²) < 4.78 is 0. The summed E-state index contributed by atoms with van der Waals surface area (Å²) in [7, 11) is 0. The van der Waals surface area contributed by atoms with Gasteiger partial charge in [0.1, 0.15) is 0 Å². The van der Waals surface area contributed by atoms with Gasteiger partial charge in [0.05, 0.1) is 5.69 Å². The topological polar surface area (TPSA) is 37.4 Å². The van der Waals surface area contributed by atoms with E-state index < -0.39 is 0 Å². The standard InChI is InChI=1S/C18H9Cl2NO2/c19-10-3-1-4-11(9-10)21-17(22)13-6-2-5-12-15(20)8-7-14(16(12)13)18(21)23/h1-9H. The van der Waals surface area contributed by atoms with Crippen molar-refractivity contribution in [2.24, 2.45) is 0 Å². The number of carbonyl (C=O) groups excluding carboxylic acids is 2. The summed E-state index contributed by atoms with van der Waals surface area (Å²) in [6.45, 7) is 0. The Hall–Kier alpha value is -2.36. The van der Waals surface area contributed by atoms with E-state index in [1.807, 2.05) is 0 Å². The van der Waals surface area contributed by atoms with Crippen LogP contribution < -0.4 is 4.90 Å². The van der Waals surface area contributed by atoms with E-state index in [-0.39, 0.29) is 11.8 Å². The van der Waals surface area contributed by atoms with Crippen LogP contribution in [-0.4, -0.2) is 11.8 Å². The fraction of sp³-hybridized carbons (Fsp3) is 0. The first-order valence-corrected chi connectivity index (χ1v) is 7.69. The van der Waals surface area contributed by atoms with E-state index in [0.29, 0.717) is 37.6 Å². The first-order valence-electron chi connectivity index (χ1n) is 6.93. The lowest BCUT2D eigenvalue weighted by Gasteiger charge is -2.27.